The van der Waals surface area contributed by atoms with Crippen LogP contribution in [0.15, 0.2) is 53.1 Å². The Morgan fingerprint density at radius 3 is 2.93 bits per heavy atom. The van der Waals surface area contributed by atoms with E-state index in [0.29, 0.717) is 36.3 Å². The lowest BCUT2D eigenvalue weighted by Gasteiger charge is -2.33. The molecule has 156 valence electrons. The Bertz CT molecular complexity index is 1020. The summed E-state index contributed by atoms with van der Waals surface area (Å²) >= 11 is 0. The number of ether oxygens (including phenoxy) is 1. The zero-order valence-electron chi connectivity index (χ0n) is 17.3. The van der Waals surface area contributed by atoms with Gasteiger partial charge in [0.15, 0.2) is 0 Å². The average Bonchev–Trinajstić information content (AvgIpc) is 3.25. The highest BCUT2D eigenvalue weighted by Crippen LogP contribution is 2.32. The van der Waals surface area contributed by atoms with Gasteiger partial charge in [-0.1, -0.05) is 41.1 Å². The highest BCUT2D eigenvalue weighted by Gasteiger charge is 2.32. The third kappa shape index (κ3) is 4.30. The lowest BCUT2D eigenvalue weighted by Crippen LogP contribution is -2.41. The van der Waals surface area contributed by atoms with Gasteiger partial charge in [0.1, 0.15) is 11.8 Å². The minimum atomic E-state index is -0.246. The fraction of sp³-hybridized carbons (Fsp3) is 0.348. The van der Waals surface area contributed by atoms with E-state index in [2.05, 4.69) is 15.5 Å². The quantitative estimate of drug-likeness (QED) is 0.630. The van der Waals surface area contributed by atoms with Gasteiger partial charge in [-0.05, 0) is 51.3 Å². The van der Waals surface area contributed by atoms with E-state index >= 15 is 0 Å². The van der Waals surface area contributed by atoms with Crippen molar-refractivity contribution in [3.63, 3.8) is 0 Å². The van der Waals surface area contributed by atoms with E-state index in [9.17, 15) is 4.79 Å². The van der Waals surface area contributed by atoms with Gasteiger partial charge in [-0.25, -0.2) is 4.79 Å². The molecule has 2 heterocycles. The van der Waals surface area contributed by atoms with Crippen molar-refractivity contribution >= 4 is 11.7 Å². The van der Waals surface area contributed by atoms with Crippen molar-refractivity contribution in [1.29, 1.82) is 0 Å². The van der Waals surface area contributed by atoms with Crippen LogP contribution >= 0.6 is 0 Å². The number of amides is 2. The standard InChI is InChI=1S/C23H26N4O3/c1-3-29-20-13-5-4-11-18(20)24-23(28)27-14-7-6-12-19(27)22-25-21(26-30-22)17-10-8-9-16(2)15-17/h4-5,8-11,13,15,19H,3,6-7,12,14H2,1-2H3,(H,24,28). The number of urea groups is 1. The molecule has 1 aliphatic rings. The van der Waals surface area contributed by atoms with Crippen LogP contribution in [0.25, 0.3) is 11.4 Å². The molecule has 1 N–H and O–H groups in total. The molecule has 1 aromatic heterocycles. The summed E-state index contributed by atoms with van der Waals surface area (Å²) < 4.78 is 11.2. The number of para-hydroxylation sites is 2. The topological polar surface area (TPSA) is 80.5 Å². The Hall–Kier alpha value is -3.35. The van der Waals surface area contributed by atoms with Crippen molar-refractivity contribution in [3.8, 4) is 17.1 Å². The molecule has 1 unspecified atom stereocenters. The first kappa shape index (κ1) is 19.9. The second-order valence-electron chi connectivity index (χ2n) is 7.39. The molecule has 1 atom stereocenters. The second kappa shape index (κ2) is 8.98. The van der Waals surface area contributed by atoms with Gasteiger partial charge in [0.25, 0.3) is 0 Å². The number of likely N-dealkylation sites (tertiary alicyclic amines) is 1. The molecule has 7 nitrogen and oxygen atoms in total. The first-order chi connectivity index (χ1) is 14.7. The van der Waals surface area contributed by atoms with Crippen LogP contribution in [0, 0.1) is 6.92 Å². The number of aromatic nitrogens is 2. The van der Waals surface area contributed by atoms with E-state index in [-0.39, 0.29) is 12.1 Å². The van der Waals surface area contributed by atoms with Crippen molar-refractivity contribution in [2.24, 2.45) is 0 Å². The van der Waals surface area contributed by atoms with E-state index in [1.807, 2.05) is 62.4 Å². The molecular formula is C23H26N4O3. The van der Waals surface area contributed by atoms with Crippen LogP contribution in [0.3, 0.4) is 0 Å². The summed E-state index contributed by atoms with van der Waals surface area (Å²) in [4.78, 5) is 19.5. The Balaban J connectivity index is 1.54. The van der Waals surface area contributed by atoms with E-state index < -0.39 is 0 Å². The highest BCUT2D eigenvalue weighted by atomic mass is 16.5. The summed E-state index contributed by atoms with van der Waals surface area (Å²) in [7, 11) is 0. The molecule has 1 aliphatic heterocycles. The maximum Gasteiger partial charge on any atom is 0.322 e. The van der Waals surface area contributed by atoms with Gasteiger partial charge in [-0.15, -0.1) is 0 Å². The summed E-state index contributed by atoms with van der Waals surface area (Å²) in [5.74, 6) is 1.67. The molecule has 30 heavy (non-hydrogen) atoms. The Morgan fingerprint density at radius 2 is 2.10 bits per heavy atom. The van der Waals surface area contributed by atoms with Crippen molar-refractivity contribution in [3.05, 3.63) is 60.0 Å². The number of hydrogen-bond donors (Lipinski definition) is 1. The van der Waals surface area contributed by atoms with Gasteiger partial charge in [0, 0.05) is 12.1 Å². The summed E-state index contributed by atoms with van der Waals surface area (Å²) in [6.07, 6.45) is 2.73. The van der Waals surface area contributed by atoms with Crippen molar-refractivity contribution in [2.45, 2.75) is 39.2 Å². The van der Waals surface area contributed by atoms with Gasteiger partial charge in [0.05, 0.1) is 12.3 Å². The van der Waals surface area contributed by atoms with E-state index in [1.54, 1.807) is 4.90 Å². The zero-order chi connectivity index (χ0) is 20.9. The molecule has 4 rings (SSSR count). The smallest absolute Gasteiger partial charge is 0.322 e. The number of carbonyl (C=O) groups is 1. The minimum absolute atomic E-state index is 0.192. The maximum absolute atomic E-state index is 13.1. The number of aryl methyl sites for hydroxylation is 1. The number of hydrogen-bond acceptors (Lipinski definition) is 5. The number of anilines is 1. The van der Waals surface area contributed by atoms with Crippen LogP contribution in [-0.2, 0) is 0 Å². The molecule has 1 fully saturated rings. The normalized spacial score (nSPS) is 16.3. The largest absolute Gasteiger partial charge is 0.492 e. The molecule has 0 saturated carbocycles. The van der Waals surface area contributed by atoms with E-state index in [0.717, 1.165) is 30.4 Å². The van der Waals surface area contributed by atoms with Gasteiger partial charge in [0.2, 0.25) is 11.7 Å². The molecule has 2 amide bonds. The predicted molar refractivity (Wildman–Crippen MR) is 114 cm³/mol. The van der Waals surface area contributed by atoms with Crippen LogP contribution in [0.4, 0.5) is 10.5 Å². The van der Waals surface area contributed by atoms with Crippen LogP contribution in [0.1, 0.15) is 43.7 Å². The third-order valence-electron chi connectivity index (χ3n) is 5.20. The molecule has 0 bridgehead atoms. The van der Waals surface area contributed by atoms with Crippen molar-refractivity contribution in [2.75, 3.05) is 18.5 Å². The van der Waals surface area contributed by atoms with Gasteiger partial charge in [-0.2, -0.15) is 4.98 Å². The average molecular weight is 406 g/mol. The van der Waals surface area contributed by atoms with Crippen LogP contribution in [0.5, 0.6) is 5.75 Å². The number of piperidine rings is 1. The number of carbonyl (C=O) groups excluding carboxylic acids is 1. The lowest BCUT2D eigenvalue weighted by molar-refractivity contribution is 0.142. The van der Waals surface area contributed by atoms with Gasteiger partial charge < -0.3 is 19.5 Å². The van der Waals surface area contributed by atoms with Crippen LogP contribution < -0.4 is 10.1 Å². The molecule has 3 aromatic rings. The van der Waals surface area contributed by atoms with Gasteiger partial charge >= 0.3 is 6.03 Å². The first-order valence-corrected chi connectivity index (χ1v) is 10.4. The summed E-state index contributed by atoms with van der Waals surface area (Å²) in [6.45, 7) is 5.11. The fourth-order valence-corrected chi connectivity index (χ4v) is 3.74. The summed E-state index contributed by atoms with van der Waals surface area (Å²) in [5.41, 5.74) is 2.69. The summed E-state index contributed by atoms with van der Waals surface area (Å²) in [5, 5.41) is 7.14. The van der Waals surface area contributed by atoms with Crippen LogP contribution in [-0.4, -0.2) is 34.2 Å². The summed E-state index contributed by atoms with van der Waals surface area (Å²) in [6, 6.07) is 15.0. The number of nitrogens with zero attached hydrogens (tertiary/aromatic N) is 3. The highest BCUT2D eigenvalue weighted by molar-refractivity contribution is 5.91. The third-order valence-corrected chi connectivity index (χ3v) is 5.20. The predicted octanol–water partition coefficient (Wildman–Crippen LogP) is 5.20. The Labute approximate surface area is 176 Å². The first-order valence-electron chi connectivity index (χ1n) is 10.4. The van der Waals surface area contributed by atoms with E-state index in [4.69, 9.17) is 9.26 Å². The molecular weight excluding hydrogens is 380 g/mol. The molecule has 0 radical (unpaired) electrons. The number of nitrogens with one attached hydrogen (secondary N) is 1. The van der Waals surface area contributed by atoms with Crippen LogP contribution in [0.2, 0.25) is 0 Å². The van der Waals surface area contributed by atoms with E-state index in [1.165, 1.54) is 0 Å². The molecule has 2 aromatic carbocycles. The SMILES string of the molecule is CCOc1ccccc1NC(=O)N1CCCCC1c1nc(-c2cccc(C)c2)no1. The van der Waals surface area contributed by atoms with Crippen molar-refractivity contribution < 1.29 is 14.1 Å². The fourth-order valence-electron chi connectivity index (χ4n) is 3.74. The Morgan fingerprint density at radius 1 is 1.23 bits per heavy atom. The Kier molecular flexibility index (Phi) is 5.97. The molecule has 7 heteroatoms. The monoisotopic (exact) mass is 406 g/mol. The molecule has 0 aliphatic carbocycles. The number of benzene rings is 2. The zero-order valence-corrected chi connectivity index (χ0v) is 17.3. The second-order valence-corrected chi connectivity index (χ2v) is 7.39. The minimum Gasteiger partial charge on any atom is -0.492 e. The maximum atomic E-state index is 13.1. The number of rotatable bonds is 5. The molecule has 1 saturated heterocycles. The van der Waals surface area contributed by atoms with Gasteiger partial charge in [-0.3, -0.25) is 0 Å². The molecule has 0 spiro atoms. The van der Waals surface area contributed by atoms with Crippen molar-refractivity contribution in [1.82, 2.24) is 15.0 Å². The lowest BCUT2D eigenvalue weighted by atomic mass is 10.0.